The lowest BCUT2D eigenvalue weighted by atomic mass is 10.3. The fourth-order valence-corrected chi connectivity index (χ4v) is 2.06. The van der Waals surface area contributed by atoms with Crippen LogP contribution in [-0.4, -0.2) is 6.54 Å². The highest BCUT2D eigenvalue weighted by Gasteiger charge is 2.05. The first kappa shape index (κ1) is 9.04. The molecule has 0 aliphatic rings. The predicted octanol–water partition coefficient (Wildman–Crippen LogP) is 3.07. The molecule has 1 rings (SSSR count). The molecule has 11 heavy (non-hydrogen) atoms. The van der Waals surface area contributed by atoms with Gasteiger partial charge < -0.3 is 5.32 Å². The summed E-state index contributed by atoms with van der Waals surface area (Å²) in [5.41, 5.74) is 0. The van der Waals surface area contributed by atoms with Crippen molar-refractivity contribution in [2.24, 2.45) is 0 Å². The van der Waals surface area contributed by atoms with Crippen LogP contribution in [0, 0.1) is 0 Å². The maximum absolute atomic E-state index is 5.80. The van der Waals surface area contributed by atoms with Gasteiger partial charge in [-0.05, 0) is 25.6 Å². The largest absolute Gasteiger partial charge is 0.310 e. The summed E-state index contributed by atoms with van der Waals surface area (Å²) in [4.78, 5) is 1.30. The monoisotopic (exact) mass is 189 g/mol. The van der Waals surface area contributed by atoms with Gasteiger partial charge in [-0.1, -0.05) is 18.5 Å². The van der Waals surface area contributed by atoms with Gasteiger partial charge in [0.15, 0.2) is 0 Å². The number of hydrogen-bond donors (Lipinski definition) is 1. The maximum atomic E-state index is 5.80. The van der Waals surface area contributed by atoms with Crippen LogP contribution < -0.4 is 5.32 Å². The quantitative estimate of drug-likeness (QED) is 0.771. The van der Waals surface area contributed by atoms with Gasteiger partial charge in [0.25, 0.3) is 0 Å². The molecule has 0 saturated carbocycles. The van der Waals surface area contributed by atoms with Crippen LogP contribution in [0.5, 0.6) is 0 Å². The van der Waals surface area contributed by atoms with Crippen molar-refractivity contribution in [2.75, 3.05) is 6.54 Å². The predicted molar refractivity (Wildman–Crippen MR) is 51.4 cm³/mol. The van der Waals surface area contributed by atoms with Crippen molar-refractivity contribution in [2.45, 2.75) is 19.9 Å². The molecule has 0 saturated heterocycles. The maximum Gasteiger partial charge on any atom is 0.0931 e. The van der Waals surface area contributed by atoms with Gasteiger partial charge in [0.2, 0.25) is 0 Å². The fourth-order valence-electron chi connectivity index (χ4n) is 0.968. The Morgan fingerprint density at radius 2 is 2.36 bits per heavy atom. The van der Waals surface area contributed by atoms with Gasteiger partial charge in [-0.15, -0.1) is 11.3 Å². The van der Waals surface area contributed by atoms with Crippen molar-refractivity contribution in [3.8, 4) is 0 Å². The Morgan fingerprint density at radius 3 is 2.82 bits per heavy atom. The highest BCUT2D eigenvalue weighted by molar-refractivity contribution is 7.16. The zero-order valence-electron chi connectivity index (χ0n) is 6.73. The molecule has 62 valence electrons. The molecule has 0 radical (unpaired) electrons. The number of halogens is 1. The van der Waals surface area contributed by atoms with Crippen molar-refractivity contribution in [1.29, 1.82) is 0 Å². The summed E-state index contributed by atoms with van der Waals surface area (Å²) in [6.07, 6.45) is 0. The number of nitrogens with one attached hydrogen (secondary N) is 1. The smallest absolute Gasteiger partial charge is 0.0931 e. The van der Waals surface area contributed by atoms with Gasteiger partial charge in [-0.25, -0.2) is 0 Å². The highest BCUT2D eigenvalue weighted by Crippen LogP contribution is 2.26. The summed E-state index contributed by atoms with van der Waals surface area (Å²) in [7, 11) is 0. The van der Waals surface area contributed by atoms with Crippen LogP contribution in [0.1, 0.15) is 24.8 Å². The van der Waals surface area contributed by atoms with E-state index in [0.717, 1.165) is 10.9 Å². The lowest BCUT2D eigenvalue weighted by molar-refractivity contribution is 0.607. The van der Waals surface area contributed by atoms with Gasteiger partial charge >= 0.3 is 0 Å². The second-order valence-corrected chi connectivity index (χ2v) is 4.17. The Morgan fingerprint density at radius 1 is 1.64 bits per heavy atom. The molecule has 0 bridgehead atoms. The fraction of sp³-hybridized carbons (Fsp3) is 0.500. The van der Waals surface area contributed by atoms with Crippen molar-refractivity contribution >= 4 is 22.9 Å². The molecule has 1 N–H and O–H groups in total. The number of rotatable bonds is 3. The third-order valence-electron chi connectivity index (χ3n) is 1.53. The first-order chi connectivity index (χ1) is 5.24. The Labute approximate surface area is 76.4 Å². The third kappa shape index (κ3) is 2.47. The molecule has 0 aromatic carbocycles. The summed E-state index contributed by atoms with van der Waals surface area (Å²) in [5.74, 6) is 0. The van der Waals surface area contributed by atoms with E-state index in [2.05, 4.69) is 25.2 Å². The van der Waals surface area contributed by atoms with E-state index in [1.807, 2.05) is 6.07 Å². The molecular formula is C8H12ClNS. The SMILES string of the molecule is CCNC(C)c1ccc(Cl)s1. The van der Waals surface area contributed by atoms with Crippen LogP contribution in [0.3, 0.4) is 0 Å². The minimum Gasteiger partial charge on any atom is -0.310 e. The van der Waals surface area contributed by atoms with Crippen LogP contribution in [0.25, 0.3) is 0 Å². The van der Waals surface area contributed by atoms with E-state index in [-0.39, 0.29) is 0 Å². The molecule has 1 atom stereocenters. The average Bonchev–Trinajstić information content (AvgIpc) is 2.36. The van der Waals surface area contributed by atoms with E-state index in [9.17, 15) is 0 Å². The van der Waals surface area contributed by atoms with E-state index < -0.39 is 0 Å². The molecule has 0 aliphatic heterocycles. The first-order valence-electron chi connectivity index (χ1n) is 3.72. The van der Waals surface area contributed by atoms with Crippen LogP contribution in [0.4, 0.5) is 0 Å². The van der Waals surface area contributed by atoms with Crippen molar-refractivity contribution in [3.63, 3.8) is 0 Å². The molecule has 1 aromatic heterocycles. The summed E-state index contributed by atoms with van der Waals surface area (Å²) in [6.45, 7) is 5.24. The standard InChI is InChI=1S/C8H12ClNS/c1-3-10-6(2)7-4-5-8(9)11-7/h4-6,10H,3H2,1-2H3. The van der Waals surface area contributed by atoms with Gasteiger partial charge in [0.05, 0.1) is 4.34 Å². The van der Waals surface area contributed by atoms with Gasteiger partial charge in [-0.2, -0.15) is 0 Å². The second kappa shape index (κ2) is 4.10. The van der Waals surface area contributed by atoms with Crippen molar-refractivity contribution < 1.29 is 0 Å². The molecule has 0 amide bonds. The number of hydrogen-bond acceptors (Lipinski definition) is 2. The average molecular weight is 190 g/mol. The highest BCUT2D eigenvalue weighted by atomic mass is 35.5. The van der Waals surface area contributed by atoms with E-state index in [1.54, 1.807) is 11.3 Å². The van der Waals surface area contributed by atoms with Crippen LogP contribution in [0.2, 0.25) is 4.34 Å². The Kier molecular flexibility index (Phi) is 3.37. The van der Waals surface area contributed by atoms with E-state index >= 15 is 0 Å². The molecule has 1 aromatic rings. The lowest BCUT2D eigenvalue weighted by Crippen LogP contribution is -2.16. The van der Waals surface area contributed by atoms with Gasteiger partial charge in [-0.3, -0.25) is 0 Å². The minimum atomic E-state index is 0.428. The number of thiophene rings is 1. The molecule has 1 heterocycles. The van der Waals surface area contributed by atoms with Crippen molar-refractivity contribution in [1.82, 2.24) is 5.32 Å². The third-order valence-corrected chi connectivity index (χ3v) is 2.94. The van der Waals surface area contributed by atoms with E-state index in [4.69, 9.17) is 11.6 Å². The Bertz CT molecular complexity index is 222. The molecule has 1 nitrogen and oxygen atoms in total. The molecule has 0 aliphatic carbocycles. The Hall–Kier alpha value is -0.0500. The Balaban J connectivity index is 2.60. The molecule has 0 fully saturated rings. The van der Waals surface area contributed by atoms with Crippen molar-refractivity contribution in [3.05, 3.63) is 21.3 Å². The molecular weight excluding hydrogens is 178 g/mol. The topological polar surface area (TPSA) is 12.0 Å². The lowest BCUT2D eigenvalue weighted by Gasteiger charge is -2.08. The van der Waals surface area contributed by atoms with Gasteiger partial charge in [0.1, 0.15) is 0 Å². The van der Waals surface area contributed by atoms with E-state index in [0.29, 0.717) is 6.04 Å². The molecule has 3 heteroatoms. The van der Waals surface area contributed by atoms with Crippen LogP contribution in [-0.2, 0) is 0 Å². The van der Waals surface area contributed by atoms with Crippen LogP contribution >= 0.6 is 22.9 Å². The summed E-state index contributed by atoms with van der Waals surface area (Å²) >= 11 is 7.43. The molecule has 1 unspecified atom stereocenters. The summed E-state index contributed by atoms with van der Waals surface area (Å²) in [5, 5.41) is 3.33. The molecule has 0 spiro atoms. The van der Waals surface area contributed by atoms with Gasteiger partial charge in [0, 0.05) is 10.9 Å². The summed E-state index contributed by atoms with van der Waals surface area (Å²) < 4.78 is 0.866. The summed E-state index contributed by atoms with van der Waals surface area (Å²) in [6, 6.07) is 4.44. The zero-order valence-corrected chi connectivity index (χ0v) is 8.30. The minimum absolute atomic E-state index is 0.428. The second-order valence-electron chi connectivity index (χ2n) is 2.42. The van der Waals surface area contributed by atoms with Crippen LogP contribution in [0.15, 0.2) is 12.1 Å². The normalized spacial score (nSPS) is 13.4. The zero-order chi connectivity index (χ0) is 8.27. The van der Waals surface area contributed by atoms with E-state index in [1.165, 1.54) is 4.88 Å². The first-order valence-corrected chi connectivity index (χ1v) is 4.92.